The molecule has 3 rings (SSSR count). The minimum Gasteiger partial charge on any atom is -0.486 e. The molecule has 2 heterocycles. The van der Waals surface area contributed by atoms with Crippen LogP contribution in [0.4, 0.5) is 0 Å². The highest BCUT2D eigenvalue weighted by Crippen LogP contribution is 2.32. The van der Waals surface area contributed by atoms with Crippen LogP contribution in [0.25, 0.3) is 0 Å². The van der Waals surface area contributed by atoms with Gasteiger partial charge in [0, 0.05) is 29.7 Å². The zero-order valence-electron chi connectivity index (χ0n) is 15.0. The Kier molecular flexibility index (Phi) is 7.73. The van der Waals surface area contributed by atoms with Crippen LogP contribution in [0.5, 0.6) is 11.5 Å². The number of piperidine rings is 1. The molecule has 1 aromatic rings. The lowest BCUT2D eigenvalue weighted by atomic mass is 9.81. The van der Waals surface area contributed by atoms with Gasteiger partial charge >= 0.3 is 0 Å². The van der Waals surface area contributed by atoms with Gasteiger partial charge in [0.25, 0.3) is 0 Å². The van der Waals surface area contributed by atoms with Crippen LogP contribution in [-0.2, 0) is 15.6 Å². The van der Waals surface area contributed by atoms with Crippen molar-refractivity contribution in [3.8, 4) is 11.5 Å². The van der Waals surface area contributed by atoms with Crippen molar-refractivity contribution in [1.29, 1.82) is 0 Å². The Balaban J connectivity index is 0.00000243. The molecule has 1 amide bonds. The molecule has 26 heavy (non-hydrogen) atoms. The van der Waals surface area contributed by atoms with Gasteiger partial charge in [0.15, 0.2) is 11.5 Å². The summed E-state index contributed by atoms with van der Waals surface area (Å²) in [6.07, 6.45) is 2.39. The molecule has 1 aromatic carbocycles. The molecule has 2 aliphatic rings. The van der Waals surface area contributed by atoms with Crippen LogP contribution in [0.15, 0.2) is 23.1 Å². The number of carbonyl (C=O) groups is 1. The third-order valence-electron chi connectivity index (χ3n) is 4.81. The third kappa shape index (κ3) is 5.59. The second kappa shape index (κ2) is 9.58. The summed E-state index contributed by atoms with van der Waals surface area (Å²) < 4.78 is 23.4. The van der Waals surface area contributed by atoms with Gasteiger partial charge in [-0.25, -0.2) is 0 Å². The molecule has 0 aromatic heterocycles. The summed E-state index contributed by atoms with van der Waals surface area (Å²) in [7, 11) is -1.23. The maximum absolute atomic E-state index is 12.4. The number of hydrogen-bond acceptors (Lipinski definition) is 5. The minimum absolute atomic E-state index is 0. The highest BCUT2D eigenvalue weighted by molar-refractivity contribution is 7.85. The van der Waals surface area contributed by atoms with Crippen LogP contribution in [0.2, 0.25) is 0 Å². The van der Waals surface area contributed by atoms with Crippen LogP contribution in [0.1, 0.15) is 26.2 Å². The van der Waals surface area contributed by atoms with E-state index in [0.717, 1.165) is 25.9 Å². The number of ether oxygens (including phenoxy) is 2. The molecule has 6 nitrogen and oxygen atoms in total. The number of halogens is 1. The van der Waals surface area contributed by atoms with E-state index in [4.69, 9.17) is 9.47 Å². The minimum atomic E-state index is -1.23. The highest BCUT2D eigenvalue weighted by Gasteiger charge is 2.27. The summed E-state index contributed by atoms with van der Waals surface area (Å²) in [5.74, 6) is 1.58. The van der Waals surface area contributed by atoms with Gasteiger partial charge in [-0.05, 0) is 43.5 Å². The van der Waals surface area contributed by atoms with Gasteiger partial charge < -0.3 is 20.1 Å². The van der Waals surface area contributed by atoms with Crippen molar-refractivity contribution in [2.24, 2.45) is 5.41 Å². The normalized spacial score (nSPS) is 19.1. The van der Waals surface area contributed by atoms with Crippen molar-refractivity contribution >= 4 is 29.1 Å². The Labute approximate surface area is 163 Å². The monoisotopic (exact) mass is 402 g/mol. The fraction of sp³-hybridized carbons (Fsp3) is 0.611. The van der Waals surface area contributed by atoms with Gasteiger partial charge in [0.1, 0.15) is 13.2 Å². The molecular formula is C18H27ClN2O4S. The smallest absolute Gasteiger partial charge is 0.220 e. The van der Waals surface area contributed by atoms with Crippen molar-refractivity contribution in [2.75, 3.05) is 38.6 Å². The Morgan fingerprint density at radius 2 is 1.92 bits per heavy atom. The van der Waals surface area contributed by atoms with Crippen LogP contribution < -0.4 is 20.1 Å². The Bertz CT molecular complexity index is 650. The third-order valence-corrected chi connectivity index (χ3v) is 6.17. The fourth-order valence-electron chi connectivity index (χ4n) is 3.08. The maximum Gasteiger partial charge on any atom is 0.220 e. The molecule has 1 atom stereocenters. The van der Waals surface area contributed by atoms with E-state index in [0.29, 0.717) is 41.9 Å². The number of fused-ring (bicyclic) bond motifs is 1. The first kappa shape index (κ1) is 21.0. The number of carbonyl (C=O) groups excluding carboxylic acids is 1. The summed E-state index contributed by atoms with van der Waals surface area (Å²) >= 11 is 0. The van der Waals surface area contributed by atoms with E-state index < -0.39 is 10.8 Å². The molecule has 2 N–H and O–H groups in total. The molecule has 1 fully saturated rings. The number of hydrogen-bond donors (Lipinski definition) is 2. The number of nitrogens with one attached hydrogen (secondary N) is 2. The van der Waals surface area contributed by atoms with E-state index in [-0.39, 0.29) is 30.2 Å². The van der Waals surface area contributed by atoms with E-state index in [1.807, 2.05) is 0 Å². The lowest BCUT2D eigenvalue weighted by Gasteiger charge is -2.34. The van der Waals surface area contributed by atoms with Gasteiger partial charge in [0.05, 0.1) is 10.8 Å². The molecule has 0 spiro atoms. The van der Waals surface area contributed by atoms with E-state index in [2.05, 4.69) is 17.6 Å². The van der Waals surface area contributed by atoms with Gasteiger partial charge in [-0.3, -0.25) is 9.00 Å². The average Bonchev–Trinajstić information content (AvgIpc) is 2.64. The van der Waals surface area contributed by atoms with E-state index in [1.165, 1.54) is 0 Å². The largest absolute Gasteiger partial charge is 0.486 e. The van der Waals surface area contributed by atoms with E-state index in [1.54, 1.807) is 18.2 Å². The predicted molar refractivity (Wildman–Crippen MR) is 104 cm³/mol. The van der Waals surface area contributed by atoms with Gasteiger partial charge in [0.2, 0.25) is 5.91 Å². The molecule has 0 aliphatic carbocycles. The van der Waals surface area contributed by atoms with Gasteiger partial charge in [-0.1, -0.05) is 6.92 Å². The zero-order valence-corrected chi connectivity index (χ0v) is 16.7. The van der Waals surface area contributed by atoms with Crippen LogP contribution in [-0.4, -0.2) is 48.7 Å². The molecule has 1 unspecified atom stereocenters. The van der Waals surface area contributed by atoms with E-state index in [9.17, 15) is 9.00 Å². The maximum atomic E-state index is 12.4. The Hall–Kier alpha value is -1.31. The van der Waals surface area contributed by atoms with Crippen molar-refractivity contribution in [2.45, 2.75) is 31.1 Å². The average molecular weight is 403 g/mol. The van der Waals surface area contributed by atoms with Crippen molar-refractivity contribution in [1.82, 2.24) is 10.6 Å². The molecule has 146 valence electrons. The van der Waals surface area contributed by atoms with Gasteiger partial charge in [-0.2, -0.15) is 0 Å². The second-order valence-electron chi connectivity index (χ2n) is 6.94. The Morgan fingerprint density at radius 3 is 2.65 bits per heavy atom. The topological polar surface area (TPSA) is 76.7 Å². The Morgan fingerprint density at radius 1 is 1.23 bits per heavy atom. The quantitative estimate of drug-likeness (QED) is 0.759. The lowest BCUT2D eigenvalue weighted by Crippen LogP contribution is -2.43. The predicted octanol–water partition coefficient (Wildman–Crippen LogP) is 1.88. The van der Waals surface area contributed by atoms with Crippen molar-refractivity contribution < 1.29 is 18.5 Å². The molecule has 0 bridgehead atoms. The van der Waals surface area contributed by atoms with Crippen LogP contribution >= 0.6 is 12.4 Å². The highest BCUT2D eigenvalue weighted by atomic mass is 35.5. The number of amides is 1. The molecule has 0 radical (unpaired) electrons. The lowest BCUT2D eigenvalue weighted by molar-refractivity contribution is -0.121. The second-order valence-corrected chi connectivity index (χ2v) is 8.51. The molecule has 1 saturated heterocycles. The molecule has 2 aliphatic heterocycles. The standard InChI is InChI=1S/C18H26N2O4S.ClH/c1-18(5-7-19-8-6-18)13-20-17(21)4-11-25(22)14-2-3-15-16(12-14)24-10-9-23-15;/h2-3,12,19H,4-11,13H2,1H3,(H,20,21);1H. The fourth-order valence-corrected chi connectivity index (χ4v) is 4.14. The van der Waals surface area contributed by atoms with Crippen molar-refractivity contribution in [3.05, 3.63) is 18.2 Å². The first-order chi connectivity index (χ1) is 12.1. The summed E-state index contributed by atoms with van der Waals surface area (Å²) in [4.78, 5) is 12.8. The van der Waals surface area contributed by atoms with E-state index >= 15 is 0 Å². The van der Waals surface area contributed by atoms with Crippen LogP contribution in [0.3, 0.4) is 0 Å². The molecular weight excluding hydrogens is 376 g/mol. The number of benzene rings is 1. The first-order valence-electron chi connectivity index (χ1n) is 8.81. The zero-order chi connectivity index (χ0) is 17.7. The summed E-state index contributed by atoms with van der Waals surface area (Å²) in [6, 6.07) is 5.30. The van der Waals surface area contributed by atoms with Crippen molar-refractivity contribution in [3.63, 3.8) is 0 Å². The van der Waals surface area contributed by atoms with Crippen LogP contribution in [0, 0.1) is 5.41 Å². The molecule has 8 heteroatoms. The SMILES string of the molecule is CC1(CNC(=O)CCS(=O)c2ccc3c(c2)OCCO3)CCNCC1.Cl. The summed E-state index contributed by atoms with van der Waals surface area (Å²) in [6.45, 7) is 5.93. The summed E-state index contributed by atoms with van der Waals surface area (Å²) in [5.41, 5.74) is 0.163. The first-order valence-corrected chi connectivity index (χ1v) is 10.1. The van der Waals surface area contributed by atoms with Gasteiger partial charge in [-0.15, -0.1) is 12.4 Å². The summed E-state index contributed by atoms with van der Waals surface area (Å²) in [5, 5.41) is 6.34. The number of rotatable bonds is 6. The molecule has 0 saturated carbocycles.